The molecule has 1 aliphatic heterocycles. The number of hydrogen-bond donors (Lipinski definition) is 2. The topological polar surface area (TPSA) is 56.7 Å². The Balaban J connectivity index is 1.81. The van der Waals surface area contributed by atoms with E-state index in [1.165, 1.54) is 18.6 Å². The van der Waals surface area contributed by atoms with Gasteiger partial charge in [0.2, 0.25) is 5.91 Å². The molecule has 2 N–H and O–H groups in total. The number of hydrogen-bond acceptors (Lipinski definition) is 2. The van der Waals surface area contributed by atoms with Crippen molar-refractivity contribution in [2.45, 2.75) is 33.6 Å². The molecule has 0 saturated carbocycles. The minimum atomic E-state index is -0.319. The molecule has 1 aromatic carbocycles. The summed E-state index contributed by atoms with van der Waals surface area (Å²) in [5.41, 5.74) is 0.677. The van der Waals surface area contributed by atoms with E-state index in [0.29, 0.717) is 30.5 Å². The molecular formula is C20H31FN4O. The largest absolute Gasteiger partial charge is 0.357 e. The third kappa shape index (κ3) is 6.65. The number of likely N-dealkylation sites (tertiary alicyclic amines) is 1. The molecule has 1 saturated heterocycles. The minimum Gasteiger partial charge on any atom is -0.357 e. The second kappa shape index (κ2) is 10.1. The van der Waals surface area contributed by atoms with E-state index < -0.39 is 0 Å². The Labute approximate surface area is 156 Å². The summed E-state index contributed by atoms with van der Waals surface area (Å²) in [6, 6.07) is 6.13. The summed E-state index contributed by atoms with van der Waals surface area (Å²) in [4.78, 5) is 18.9. The van der Waals surface area contributed by atoms with E-state index in [2.05, 4.69) is 41.3 Å². The lowest BCUT2D eigenvalue weighted by molar-refractivity contribution is -0.120. The number of piperidine rings is 1. The SMILES string of the molecule is CCNC(=NCCNC(=O)Cc1cccc(F)c1)N1CC(C)CC(C)C1. The second-order valence-corrected chi connectivity index (χ2v) is 7.24. The van der Waals surface area contributed by atoms with Crippen LogP contribution in [0, 0.1) is 17.7 Å². The molecule has 1 heterocycles. The van der Waals surface area contributed by atoms with E-state index in [1.807, 2.05) is 0 Å². The van der Waals surface area contributed by atoms with Crippen LogP contribution in [0.3, 0.4) is 0 Å². The van der Waals surface area contributed by atoms with E-state index in [9.17, 15) is 9.18 Å². The lowest BCUT2D eigenvalue weighted by atomic mass is 9.92. The first kappa shape index (κ1) is 20.2. The van der Waals surface area contributed by atoms with Crippen LogP contribution in [-0.4, -0.2) is 49.5 Å². The van der Waals surface area contributed by atoms with Crippen molar-refractivity contribution in [2.75, 3.05) is 32.7 Å². The highest BCUT2D eigenvalue weighted by Gasteiger charge is 2.23. The number of aliphatic imine (C=N–C) groups is 1. The van der Waals surface area contributed by atoms with Crippen molar-refractivity contribution in [3.63, 3.8) is 0 Å². The zero-order chi connectivity index (χ0) is 18.9. The van der Waals surface area contributed by atoms with Crippen molar-refractivity contribution >= 4 is 11.9 Å². The summed E-state index contributed by atoms with van der Waals surface area (Å²) >= 11 is 0. The molecule has 0 aliphatic carbocycles. The third-order valence-corrected chi connectivity index (χ3v) is 4.45. The highest BCUT2D eigenvalue weighted by molar-refractivity contribution is 5.80. The molecule has 6 heteroatoms. The molecule has 1 aromatic rings. The highest BCUT2D eigenvalue weighted by atomic mass is 19.1. The summed E-state index contributed by atoms with van der Waals surface area (Å²) in [5, 5.41) is 6.20. The molecule has 26 heavy (non-hydrogen) atoms. The molecule has 1 amide bonds. The fourth-order valence-corrected chi connectivity index (χ4v) is 3.51. The molecular weight excluding hydrogens is 331 g/mol. The van der Waals surface area contributed by atoms with E-state index in [-0.39, 0.29) is 18.1 Å². The Morgan fingerprint density at radius 1 is 1.27 bits per heavy atom. The first-order valence-corrected chi connectivity index (χ1v) is 9.52. The molecule has 5 nitrogen and oxygen atoms in total. The number of benzene rings is 1. The molecule has 2 atom stereocenters. The van der Waals surface area contributed by atoms with Crippen LogP contribution in [0.4, 0.5) is 4.39 Å². The predicted molar refractivity (Wildman–Crippen MR) is 104 cm³/mol. The van der Waals surface area contributed by atoms with Gasteiger partial charge in [-0.1, -0.05) is 26.0 Å². The average molecular weight is 362 g/mol. The summed E-state index contributed by atoms with van der Waals surface area (Å²) in [7, 11) is 0. The van der Waals surface area contributed by atoms with Gasteiger partial charge in [0.05, 0.1) is 13.0 Å². The van der Waals surface area contributed by atoms with Crippen LogP contribution in [0.15, 0.2) is 29.3 Å². The number of carbonyl (C=O) groups is 1. The number of nitrogens with zero attached hydrogens (tertiary/aromatic N) is 2. The van der Waals surface area contributed by atoms with Gasteiger partial charge in [0.25, 0.3) is 0 Å². The van der Waals surface area contributed by atoms with Crippen molar-refractivity contribution in [2.24, 2.45) is 16.8 Å². The molecule has 1 aliphatic rings. The van der Waals surface area contributed by atoms with Crippen LogP contribution in [0.5, 0.6) is 0 Å². The van der Waals surface area contributed by atoms with Gasteiger partial charge in [0, 0.05) is 26.2 Å². The Kier molecular flexibility index (Phi) is 7.88. The number of halogens is 1. The maximum atomic E-state index is 13.2. The van der Waals surface area contributed by atoms with Gasteiger partial charge in [0.1, 0.15) is 5.82 Å². The Hall–Kier alpha value is -2.11. The van der Waals surface area contributed by atoms with Gasteiger partial charge >= 0.3 is 0 Å². The summed E-state index contributed by atoms with van der Waals surface area (Å²) in [6.07, 6.45) is 1.44. The molecule has 144 valence electrons. The van der Waals surface area contributed by atoms with Crippen molar-refractivity contribution in [1.29, 1.82) is 0 Å². The smallest absolute Gasteiger partial charge is 0.224 e. The normalized spacial score (nSPS) is 20.8. The zero-order valence-electron chi connectivity index (χ0n) is 16.1. The first-order chi connectivity index (χ1) is 12.5. The average Bonchev–Trinajstić information content (AvgIpc) is 2.56. The molecule has 0 bridgehead atoms. The van der Waals surface area contributed by atoms with E-state index in [1.54, 1.807) is 12.1 Å². The van der Waals surface area contributed by atoms with E-state index in [4.69, 9.17) is 0 Å². The Morgan fingerprint density at radius 3 is 2.65 bits per heavy atom. The van der Waals surface area contributed by atoms with E-state index >= 15 is 0 Å². The van der Waals surface area contributed by atoms with Crippen LogP contribution >= 0.6 is 0 Å². The monoisotopic (exact) mass is 362 g/mol. The molecule has 0 radical (unpaired) electrons. The number of carbonyl (C=O) groups excluding carboxylic acids is 1. The lowest BCUT2D eigenvalue weighted by Crippen LogP contribution is -2.48. The molecule has 0 spiro atoms. The molecule has 2 rings (SSSR count). The second-order valence-electron chi connectivity index (χ2n) is 7.24. The van der Waals surface area contributed by atoms with Gasteiger partial charge in [-0.2, -0.15) is 0 Å². The summed E-state index contributed by atoms with van der Waals surface area (Å²) in [5.74, 6) is 1.81. The van der Waals surface area contributed by atoms with Gasteiger partial charge in [-0.05, 0) is 42.9 Å². The van der Waals surface area contributed by atoms with Gasteiger partial charge in [-0.15, -0.1) is 0 Å². The third-order valence-electron chi connectivity index (χ3n) is 4.45. The van der Waals surface area contributed by atoms with Crippen LogP contribution in [0.25, 0.3) is 0 Å². The number of rotatable bonds is 6. The van der Waals surface area contributed by atoms with Crippen LogP contribution in [0.2, 0.25) is 0 Å². The minimum absolute atomic E-state index is 0.115. The number of guanidine groups is 1. The number of amides is 1. The maximum absolute atomic E-state index is 13.2. The Morgan fingerprint density at radius 2 is 2.00 bits per heavy atom. The maximum Gasteiger partial charge on any atom is 0.224 e. The first-order valence-electron chi connectivity index (χ1n) is 9.52. The standard InChI is InChI=1S/C20H31FN4O/c1-4-22-20(25-13-15(2)10-16(3)14-25)24-9-8-23-19(26)12-17-6-5-7-18(21)11-17/h5-7,11,15-16H,4,8-10,12-14H2,1-3H3,(H,22,24)(H,23,26). The van der Waals surface area contributed by atoms with Gasteiger partial charge in [-0.25, -0.2) is 4.39 Å². The van der Waals surface area contributed by atoms with Gasteiger partial charge < -0.3 is 15.5 Å². The van der Waals surface area contributed by atoms with Crippen LogP contribution < -0.4 is 10.6 Å². The summed E-state index contributed by atoms with van der Waals surface area (Å²) in [6.45, 7) is 10.5. The predicted octanol–water partition coefficient (Wildman–Crippen LogP) is 2.43. The quantitative estimate of drug-likeness (QED) is 0.464. The van der Waals surface area contributed by atoms with Crippen molar-refractivity contribution < 1.29 is 9.18 Å². The fourth-order valence-electron chi connectivity index (χ4n) is 3.51. The van der Waals surface area contributed by atoms with Crippen molar-refractivity contribution in [3.8, 4) is 0 Å². The molecule has 2 unspecified atom stereocenters. The van der Waals surface area contributed by atoms with Crippen molar-refractivity contribution in [3.05, 3.63) is 35.6 Å². The highest BCUT2D eigenvalue weighted by Crippen LogP contribution is 2.20. The zero-order valence-corrected chi connectivity index (χ0v) is 16.1. The van der Waals surface area contributed by atoms with Crippen LogP contribution in [-0.2, 0) is 11.2 Å². The fraction of sp³-hybridized carbons (Fsp3) is 0.600. The lowest BCUT2D eigenvalue weighted by Gasteiger charge is -2.37. The van der Waals surface area contributed by atoms with Crippen molar-refractivity contribution in [1.82, 2.24) is 15.5 Å². The molecule has 0 aromatic heterocycles. The number of nitrogens with one attached hydrogen (secondary N) is 2. The van der Waals surface area contributed by atoms with Gasteiger partial charge in [-0.3, -0.25) is 9.79 Å². The van der Waals surface area contributed by atoms with Gasteiger partial charge in [0.15, 0.2) is 5.96 Å². The Bertz CT molecular complexity index is 610. The van der Waals surface area contributed by atoms with Crippen LogP contribution in [0.1, 0.15) is 32.8 Å². The molecule has 1 fully saturated rings. The van der Waals surface area contributed by atoms with E-state index in [0.717, 1.165) is 25.6 Å². The summed E-state index contributed by atoms with van der Waals surface area (Å²) < 4.78 is 13.2.